The van der Waals surface area contributed by atoms with Crippen LogP contribution in [0.25, 0.3) is 0 Å². The van der Waals surface area contributed by atoms with Crippen molar-refractivity contribution >= 4 is 21.6 Å². The lowest BCUT2D eigenvalue weighted by atomic mass is 9.81. The van der Waals surface area contributed by atoms with Gasteiger partial charge in [-0.2, -0.15) is 0 Å². The van der Waals surface area contributed by atoms with E-state index in [9.17, 15) is 18.0 Å². The van der Waals surface area contributed by atoms with E-state index in [1.54, 1.807) is 25.1 Å². The molecule has 1 fully saturated rings. The van der Waals surface area contributed by atoms with Crippen LogP contribution in [-0.2, 0) is 24.2 Å². The Balaban J connectivity index is 2.21. The van der Waals surface area contributed by atoms with Crippen molar-refractivity contribution in [1.29, 1.82) is 0 Å². The van der Waals surface area contributed by atoms with Crippen LogP contribution in [-0.4, -0.2) is 32.0 Å². The van der Waals surface area contributed by atoms with Gasteiger partial charge in [0.15, 0.2) is 15.6 Å². The molecule has 0 aromatic heterocycles. The number of hydrogen-bond acceptors (Lipinski definition) is 5. The van der Waals surface area contributed by atoms with Crippen LogP contribution in [0.2, 0.25) is 0 Å². The quantitative estimate of drug-likeness (QED) is 0.773. The molecule has 2 aliphatic carbocycles. The van der Waals surface area contributed by atoms with Crippen LogP contribution in [0.15, 0.2) is 46.9 Å². The van der Waals surface area contributed by atoms with Gasteiger partial charge in [0.25, 0.3) is 0 Å². The van der Waals surface area contributed by atoms with E-state index in [1.807, 2.05) is 6.92 Å². The average molecular weight is 362 g/mol. The van der Waals surface area contributed by atoms with E-state index in [0.29, 0.717) is 12.8 Å². The summed E-state index contributed by atoms with van der Waals surface area (Å²) in [6.45, 7) is 3.52. The van der Waals surface area contributed by atoms with E-state index in [-0.39, 0.29) is 11.3 Å². The number of fused-ring (bicyclic) bond motifs is 1. The fraction of sp³-hybridized carbons (Fsp3) is 0.474. The Hall–Kier alpha value is -1.95. The van der Waals surface area contributed by atoms with Crippen LogP contribution in [0.3, 0.4) is 0 Å². The number of rotatable bonds is 3. The first-order chi connectivity index (χ1) is 11.7. The predicted molar refractivity (Wildman–Crippen MR) is 92.6 cm³/mol. The first kappa shape index (κ1) is 17.9. The Labute approximate surface area is 148 Å². The minimum atomic E-state index is -3.95. The molecule has 1 aromatic rings. The molecule has 2 aliphatic rings. The first-order valence-corrected chi connectivity index (χ1v) is 9.75. The number of carbonyl (C=O) groups excluding carboxylic acids is 2. The van der Waals surface area contributed by atoms with Crippen molar-refractivity contribution in [1.82, 2.24) is 0 Å². The SMILES string of the molecule is COC(=O)[C@]1(C)C[C@H]2CC(C)=CC(=O)[C@@]2(S(=O)(=O)c2ccccc2)C1. The number of benzene rings is 1. The summed E-state index contributed by atoms with van der Waals surface area (Å²) in [5.74, 6) is -1.31. The van der Waals surface area contributed by atoms with Crippen molar-refractivity contribution in [3.05, 3.63) is 42.0 Å². The molecule has 6 heteroatoms. The van der Waals surface area contributed by atoms with E-state index in [2.05, 4.69) is 0 Å². The highest BCUT2D eigenvalue weighted by atomic mass is 32.2. The molecule has 1 saturated carbocycles. The van der Waals surface area contributed by atoms with Crippen molar-refractivity contribution < 1.29 is 22.7 Å². The number of carbonyl (C=O) groups is 2. The molecule has 3 atom stereocenters. The lowest BCUT2D eigenvalue weighted by molar-refractivity contribution is -0.151. The highest BCUT2D eigenvalue weighted by Gasteiger charge is 2.66. The highest BCUT2D eigenvalue weighted by Crippen LogP contribution is 2.57. The minimum Gasteiger partial charge on any atom is -0.469 e. The Kier molecular flexibility index (Phi) is 4.14. The van der Waals surface area contributed by atoms with Crippen LogP contribution in [0.5, 0.6) is 0 Å². The zero-order valence-corrected chi connectivity index (χ0v) is 15.4. The molecule has 1 aromatic carbocycles. The standard InChI is InChI=1S/C19H22O5S/c1-13-9-14-11-18(2,17(21)24-3)12-19(14,16(20)10-13)25(22,23)15-7-5-4-6-8-15/h4-8,10,14H,9,11-12H2,1-3H3/t14-,18-,19-/m1/s1. The zero-order valence-electron chi connectivity index (χ0n) is 14.6. The normalized spacial score (nSPS) is 32.0. The maximum Gasteiger partial charge on any atom is 0.311 e. The largest absolute Gasteiger partial charge is 0.469 e. The summed E-state index contributed by atoms with van der Waals surface area (Å²) in [7, 11) is -2.66. The number of esters is 1. The van der Waals surface area contributed by atoms with Crippen molar-refractivity contribution in [3.63, 3.8) is 0 Å². The van der Waals surface area contributed by atoms with E-state index in [0.717, 1.165) is 5.57 Å². The summed E-state index contributed by atoms with van der Waals surface area (Å²) in [5, 5.41) is 0. The fourth-order valence-corrected chi connectivity index (χ4v) is 6.86. The molecule has 0 N–H and O–H groups in total. The molecule has 0 amide bonds. The van der Waals surface area contributed by atoms with E-state index in [4.69, 9.17) is 4.74 Å². The Morgan fingerprint density at radius 3 is 2.48 bits per heavy atom. The van der Waals surface area contributed by atoms with Gasteiger partial charge in [-0.05, 0) is 57.2 Å². The topological polar surface area (TPSA) is 77.5 Å². The number of ketones is 1. The number of allylic oxidation sites excluding steroid dienone is 2. The summed E-state index contributed by atoms with van der Waals surface area (Å²) in [6.07, 6.45) is 2.20. The summed E-state index contributed by atoms with van der Waals surface area (Å²) < 4.78 is 30.3. The number of methoxy groups -OCH3 is 1. The molecule has 25 heavy (non-hydrogen) atoms. The van der Waals surface area contributed by atoms with Gasteiger partial charge in [0.05, 0.1) is 17.4 Å². The maximum absolute atomic E-state index is 13.5. The molecule has 0 radical (unpaired) electrons. The second-order valence-corrected chi connectivity index (χ2v) is 9.60. The third kappa shape index (κ3) is 2.46. The molecule has 5 nitrogen and oxygen atoms in total. The second-order valence-electron chi connectivity index (χ2n) is 7.40. The summed E-state index contributed by atoms with van der Waals surface area (Å²) in [5.41, 5.74) is -0.141. The van der Waals surface area contributed by atoms with Crippen LogP contribution < -0.4 is 0 Å². The van der Waals surface area contributed by atoms with Crippen LogP contribution >= 0.6 is 0 Å². The first-order valence-electron chi connectivity index (χ1n) is 8.27. The molecule has 0 spiro atoms. The van der Waals surface area contributed by atoms with Crippen molar-refractivity contribution in [2.75, 3.05) is 7.11 Å². The van der Waals surface area contributed by atoms with Crippen molar-refractivity contribution in [2.24, 2.45) is 11.3 Å². The lowest BCUT2D eigenvalue weighted by Gasteiger charge is -2.36. The van der Waals surface area contributed by atoms with E-state index in [1.165, 1.54) is 25.3 Å². The van der Waals surface area contributed by atoms with Crippen LogP contribution in [0.4, 0.5) is 0 Å². The number of sulfone groups is 1. The molecule has 0 saturated heterocycles. The van der Waals surface area contributed by atoms with Gasteiger partial charge in [-0.3, -0.25) is 9.59 Å². The van der Waals surface area contributed by atoms with Gasteiger partial charge in [-0.25, -0.2) is 8.42 Å². The molecule has 134 valence electrons. The van der Waals surface area contributed by atoms with Gasteiger partial charge >= 0.3 is 5.97 Å². The average Bonchev–Trinajstić information content (AvgIpc) is 2.90. The monoisotopic (exact) mass is 362 g/mol. The lowest BCUT2D eigenvalue weighted by Crippen LogP contribution is -2.51. The second kappa shape index (κ2) is 5.80. The maximum atomic E-state index is 13.5. The number of hydrogen-bond donors (Lipinski definition) is 0. The molecule has 0 bridgehead atoms. The molecule has 0 unspecified atom stereocenters. The van der Waals surface area contributed by atoms with Gasteiger partial charge in [0.1, 0.15) is 4.75 Å². The Morgan fingerprint density at radius 1 is 1.24 bits per heavy atom. The third-order valence-corrected chi connectivity index (χ3v) is 8.11. The van der Waals surface area contributed by atoms with Gasteiger partial charge in [-0.15, -0.1) is 0 Å². The summed E-state index contributed by atoms with van der Waals surface area (Å²) in [4.78, 5) is 25.5. The van der Waals surface area contributed by atoms with Gasteiger partial charge < -0.3 is 4.74 Å². The Morgan fingerprint density at radius 2 is 1.88 bits per heavy atom. The molecule has 0 aliphatic heterocycles. The third-order valence-electron chi connectivity index (χ3n) is 5.58. The Bertz CT molecular complexity index is 855. The van der Waals surface area contributed by atoms with Gasteiger partial charge in [0.2, 0.25) is 0 Å². The number of ether oxygens (including phenoxy) is 1. The zero-order chi connectivity index (χ0) is 18.5. The summed E-state index contributed by atoms with van der Waals surface area (Å²) >= 11 is 0. The van der Waals surface area contributed by atoms with E-state index < -0.39 is 37.7 Å². The van der Waals surface area contributed by atoms with Crippen molar-refractivity contribution in [2.45, 2.75) is 42.8 Å². The predicted octanol–water partition coefficient (Wildman–Crippen LogP) is 2.71. The van der Waals surface area contributed by atoms with Gasteiger partial charge in [0, 0.05) is 0 Å². The molecular formula is C19H22O5S. The van der Waals surface area contributed by atoms with Gasteiger partial charge in [-0.1, -0.05) is 23.8 Å². The van der Waals surface area contributed by atoms with Crippen molar-refractivity contribution in [3.8, 4) is 0 Å². The van der Waals surface area contributed by atoms with Crippen LogP contribution in [0.1, 0.15) is 33.1 Å². The highest BCUT2D eigenvalue weighted by molar-refractivity contribution is 7.93. The fourth-order valence-electron chi connectivity index (χ4n) is 4.48. The smallest absolute Gasteiger partial charge is 0.311 e. The summed E-state index contributed by atoms with van der Waals surface area (Å²) in [6, 6.07) is 8.03. The van der Waals surface area contributed by atoms with E-state index >= 15 is 0 Å². The molecular weight excluding hydrogens is 340 g/mol. The molecule has 3 rings (SSSR count). The molecule has 0 heterocycles. The minimum absolute atomic E-state index is 0.0445. The van der Waals surface area contributed by atoms with Crippen LogP contribution in [0, 0.1) is 11.3 Å².